The van der Waals surface area contributed by atoms with E-state index in [1.165, 1.54) is 0 Å². The predicted molar refractivity (Wildman–Crippen MR) is 109 cm³/mol. The average molecular weight is 417 g/mol. The smallest absolute Gasteiger partial charge is 0.248 e. The van der Waals surface area contributed by atoms with Crippen LogP contribution in [0.25, 0.3) is 0 Å². The van der Waals surface area contributed by atoms with Crippen LogP contribution < -0.4 is 5.32 Å². The molecule has 0 aromatic rings. The number of hydrogen-bond donors (Lipinski definition) is 1. The van der Waals surface area contributed by atoms with Gasteiger partial charge >= 0.3 is 0 Å². The summed E-state index contributed by atoms with van der Waals surface area (Å²) < 4.78 is 32.6. The highest BCUT2D eigenvalue weighted by atomic mass is 19.3. The summed E-state index contributed by atoms with van der Waals surface area (Å²) in [6.07, 6.45) is 1.99. The molecule has 0 aromatic carbocycles. The largest absolute Gasteiger partial charge is 0.376 e. The van der Waals surface area contributed by atoms with Crippen molar-refractivity contribution in [3.05, 3.63) is 0 Å². The quantitative estimate of drug-likeness (QED) is 0.682. The van der Waals surface area contributed by atoms with Gasteiger partial charge in [0, 0.05) is 38.5 Å². The van der Waals surface area contributed by atoms with Crippen molar-refractivity contribution in [2.24, 2.45) is 17.3 Å². The Labute approximate surface area is 173 Å². The molecule has 2 unspecified atom stereocenters. The van der Waals surface area contributed by atoms with E-state index >= 15 is 0 Å². The molecule has 29 heavy (non-hydrogen) atoms. The number of carbonyl (C=O) groups excluding carboxylic acids is 2. The summed E-state index contributed by atoms with van der Waals surface area (Å²) >= 11 is 0. The number of hydrogen-bond acceptors (Lipinski definition) is 3. The number of carbonyl (C=O) groups is 2. The molecule has 1 aliphatic heterocycles. The molecule has 2 atom stereocenters. The number of ether oxygens (including phenoxy) is 1. The molecular weight excluding hydrogens is 378 g/mol. The lowest BCUT2D eigenvalue weighted by Gasteiger charge is -2.39. The van der Waals surface area contributed by atoms with Crippen LogP contribution in [0.5, 0.6) is 0 Å². The monoisotopic (exact) mass is 416 g/mol. The van der Waals surface area contributed by atoms with Crippen molar-refractivity contribution >= 4 is 11.8 Å². The average Bonchev–Trinajstić information content (AvgIpc) is 2.64. The first-order chi connectivity index (χ1) is 13.4. The van der Waals surface area contributed by atoms with Crippen LogP contribution in [0, 0.1) is 17.3 Å². The maximum atomic E-state index is 13.4. The van der Waals surface area contributed by atoms with Gasteiger partial charge in [0.05, 0.1) is 6.10 Å². The van der Waals surface area contributed by atoms with E-state index in [4.69, 9.17) is 4.74 Å². The SMILES string of the molecule is CC(C)C(=O)NC(C(=O)N1CCC(C)(C)CC1)C(C)OCC1CCC(F)(F)CC1. The second kappa shape index (κ2) is 9.71. The van der Waals surface area contributed by atoms with Gasteiger partial charge in [-0.15, -0.1) is 0 Å². The van der Waals surface area contributed by atoms with Crippen LogP contribution in [0.3, 0.4) is 0 Å². The topological polar surface area (TPSA) is 58.6 Å². The highest BCUT2D eigenvalue weighted by molar-refractivity contribution is 5.88. The van der Waals surface area contributed by atoms with E-state index in [1.807, 2.05) is 4.90 Å². The molecule has 0 spiro atoms. The lowest BCUT2D eigenvalue weighted by Crippen LogP contribution is -2.57. The van der Waals surface area contributed by atoms with Crippen LogP contribution in [0.4, 0.5) is 8.78 Å². The number of nitrogens with zero attached hydrogens (tertiary/aromatic N) is 1. The summed E-state index contributed by atoms with van der Waals surface area (Å²) in [6, 6.07) is -0.754. The maximum absolute atomic E-state index is 13.4. The van der Waals surface area contributed by atoms with Gasteiger partial charge in [0.15, 0.2) is 0 Å². The molecule has 2 aliphatic rings. The van der Waals surface area contributed by atoms with Gasteiger partial charge < -0.3 is 15.0 Å². The third-order valence-corrected chi connectivity index (χ3v) is 6.42. The fourth-order valence-corrected chi connectivity index (χ4v) is 3.88. The fourth-order valence-electron chi connectivity index (χ4n) is 3.88. The molecule has 1 saturated heterocycles. The highest BCUT2D eigenvalue weighted by Crippen LogP contribution is 2.36. The molecule has 2 amide bonds. The minimum Gasteiger partial charge on any atom is -0.376 e. The van der Waals surface area contributed by atoms with Crippen LogP contribution in [0.15, 0.2) is 0 Å². The van der Waals surface area contributed by atoms with E-state index in [0.29, 0.717) is 32.5 Å². The van der Waals surface area contributed by atoms with Crippen molar-refractivity contribution in [3.63, 3.8) is 0 Å². The molecule has 168 valence electrons. The molecule has 1 aliphatic carbocycles. The first-order valence-electron chi connectivity index (χ1n) is 11.0. The zero-order valence-corrected chi connectivity index (χ0v) is 18.6. The Morgan fingerprint density at radius 1 is 1.07 bits per heavy atom. The van der Waals surface area contributed by atoms with Crippen LogP contribution in [0.2, 0.25) is 0 Å². The summed E-state index contributed by atoms with van der Waals surface area (Å²) in [7, 11) is 0. The molecular formula is C22H38F2N2O3. The third kappa shape index (κ3) is 7.19. The molecule has 0 bridgehead atoms. The Kier molecular flexibility index (Phi) is 8.05. The zero-order chi connectivity index (χ0) is 21.8. The van der Waals surface area contributed by atoms with E-state index in [-0.39, 0.29) is 41.9 Å². The minimum absolute atomic E-state index is 0.0735. The molecule has 2 fully saturated rings. The number of piperidine rings is 1. The lowest BCUT2D eigenvalue weighted by atomic mass is 9.82. The standard InChI is InChI=1S/C22H38F2N2O3/c1-15(2)19(27)25-18(20(28)26-12-10-21(4,5)11-13-26)16(3)29-14-17-6-8-22(23,24)9-7-17/h15-18H,6-14H2,1-5H3,(H,25,27). The third-order valence-electron chi connectivity index (χ3n) is 6.42. The number of alkyl halides is 2. The van der Waals surface area contributed by atoms with Crippen LogP contribution >= 0.6 is 0 Å². The van der Waals surface area contributed by atoms with Crippen molar-refractivity contribution in [1.29, 1.82) is 0 Å². The first kappa shape index (κ1) is 24.0. The Morgan fingerprint density at radius 2 is 1.62 bits per heavy atom. The summed E-state index contributed by atoms with van der Waals surface area (Å²) in [5.74, 6) is -3.03. The Morgan fingerprint density at radius 3 is 2.14 bits per heavy atom. The lowest BCUT2D eigenvalue weighted by molar-refractivity contribution is -0.143. The number of rotatable bonds is 7. The molecule has 1 heterocycles. The van der Waals surface area contributed by atoms with Crippen molar-refractivity contribution in [2.45, 2.75) is 91.2 Å². The summed E-state index contributed by atoms with van der Waals surface area (Å²) in [6.45, 7) is 11.4. The summed E-state index contributed by atoms with van der Waals surface area (Å²) in [5, 5.41) is 2.86. The van der Waals surface area contributed by atoms with Crippen molar-refractivity contribution < 1.29 is 23.1 Å². The van der Waals surface area contributed by atoms with Crippen molar-refractivity contribution in [2.75, 3.05) is 19.7 Å². The van der Waals surface area contributed by atoms with E-state index in [1.54, 1.807) is 20.8 Å². The molecule has 0 aromatic heterocycles. The molecule has 5 nitrogen and oxygen atoms in total. The second-order valence-electron chi connectivity index (χ2n) is 9.97. The number of nitrogens with one attached hydrogen (secondary N) is 1. The normalized spacial score (nSPS) is 24.2. The van der Waals surface area contributed by atoms with E-state index < -0.39 is 18.1 Å². The fraction of sp³-hybridized carbons (Fsp3) is 0.909. The number of amides is 2. The van der Waals surface area contributed by atoms with Gasteiger partial charge in [-0.05, 0) is 43.9 Å². The van der Waals surface area contributed by atoms with Crippen LogP contribution in [-0.4, -0.2) is 54.5 Å². The number of halogens is 2. The van der Waals surface area contributed by atoms with Crippen molar-refractivity contribution in [1.82, 2.24) is 10.2 Å². The summed E-state index contributed by atoms with van der Waals surface area (Å²) in [4.78, 5) is 27.3. The Hall–Kier alpha value is -1.24. The van der Waals surface area contributed by atoms with Gasteiger partial charge in [-0.25, -0.2) is 8.78 Å². The van der Waals surface area contributed by atoms with Gasteiger partial charge in [-0.2, -0.15) is 0 Å². The predicted octanol–water partition coefficient (Wildman–Crippen LogP) is 4.01. The van der Waals surface area contributed by atoms with Crippen molar-refractivity contribution in [3.8, 4) is 0 Å². The highest BCUT2D eigenvalue weighted by Gasteiger charge is 2.37. The molecule has 1 saturated carbocycles. The van der Waals surface area contributed by atoms with Gasteiger partial charge in [0.2, 0.25) is 17.7 Å². The molecule has 1 N–H and O–H groups in total. The Bertz CT molecular complexity index is 560. The van der Waals surface area contributed by atoms with Crippen LogP contribution in [-0.2, 0) is 14.3 Å². The van der Waals surface area contributed by atoms with Crippen LogP contribution in [0.1, 0.15) is 73.1 Å². The zero-order valence-electron chi connectivity index (χ0n) is 18.6. The van der Waals surface area contributed by atoms with Gasteiger partial charge in [0.1, 0.15) is 6.04 Å². The molecule has 0 radical (unpaired) electrons. The Balaban J connectivity index is 1.97. The van der Waals surface area contributed by atoms with Gasteiger partial charge in [0.25, 0.3) is 0 Å². The summed E-state index contributed by atoms with van der Waals surface area (Å²) in [5.41, 5.74) is 0.221. The molecule has 2 rings (SSSR count). The van der Waals surface area contributed by atoms with Gasteiger partial charge in [-0.3, -0.25) is 9.59 Å². The first-order valence-corrected chi connectivity index (χ1v) is 11.0. The maximum Gasteiger partial charge on any atom is 0.248 e. The second-order valence-corrected chi connectivity index (χ2v) is 9.97. The van der Waals surface area contributed by atoms with E-state index in [9.17, 15) is 18.4 Å². The van der Waals surface area contributed by atoms with E-state index in [0.717, 1.165) is 12.8 Å². The molecule has 7 heteroatoms. The minimum atomic E-state index is -2.56. The van der Waals surface area contributed by atoms with Gasteiger partial charge in [-0.1, -0.05) is 27.7 Å². The number of likely N-dealkylation sites (tertiary alicyclic amines) is 1. The van der Waals surface area contributed by atoms with E-state index in [2.05, 4.69) is 19.2 Å².